The summed E-state index contributed by atoms with van der Waals surface area (Å²) in [5.74, 6) is -1.54. The first kappa shape index (κ1) is 18.6. The van der Waals surface area contributed by atoms with E-state index >= 15 is 0 Å². The fourth-order valence-corrected chi connectivity index (χ4v) is 5.32. The molecule has 26 heavy (non-hydrogen) atoms. The number of nitrogens with one attached hydrogen (secondary N) is 1. The Morgan fingerprint density at radius 3 is 2.38 bits per heavy atom. The van der Waals surface area contributed by atoms with Crippen LogP contribution in [0.1, 0.15) is 13.8 Å². The van der Waals surface area contributed by atoms with Crippen LogP contribution in [0.4, 0.5) is 0 Å². The van der Waals surface area contributed by atoms with E-state index in [1.54, 1.807) is 19.9 Å². The third kappa shape index (κ3) is 3.80. The number of carbonyl (C=O) groups is 1. The Bertz CT molecular complexity index is 1050. The van der Waals surface area contributed by atoms with Crippen LogP contribution in [0.15, 0.2) is 58.8 Å². The molecule has 0 fully saturated rings. The number of hydrogen-bond acceptors (Lipinski definition) is 4. The van der Waals surface area contributed by atoms with Crippen LogP contribution in [0.25, 0.3) is 21.2 Å². The lowest BCUT2D eigenvalue weighted by atomic mass is 10.1. The van der Waals surface area contributed by atoms with E-state index in [4.69, 9.17) is 0 Å². The highest BCUT2D eigenvalue weighted by Gasteiger charge is 2.29. The molecule has 3 aromatic rings. The highest BCUT2D eigenvalue weighted by Crippen LogP contribution is 2.32. The van der Waals surface area contributed by atoms with E-state index in [0.717, 1.165) is 32.5 Å². The van der Waals surface area contributed by atoms with Crippen molar-refractivity contribution in [2.75, 3.05) is 0 Å². The van der Waals surface area contributed by atoms with Crippen LogP contribution in [0.2, 0.25) is 0 Å². The number of rotatable bonds is 6. The van der Waals surface area contributed by atoms with E-state index in [9.17, 15) is 18.3 Å². The Morgan fingerprint density at radius 2 is 1.73 bits per heavy atom. The van der Waals surface area contributed by atoms with Gasteiger partial charge in [0, 0.05) is 4.88 Å². The zero-order valence-electron chi connectivity index (χ0n) is 14.3. The van der Waals surface area contributed by atoms with Gasteiger partial charge in [-0.3, -0.25) is 4.79 Å². The van der Waals surface area contributed by atoms with Crippen LogP contribution >= 0.6 is 11.3 Å². The maximum Gasteiger partial charge on any atom is 0.322 e. The fraction of sp³-hybridized carbons (Fsp3) is 0.211. The first-order chi connectivity index (χ1) is 12.3. The van der Waals surface area contributed by atoms with Gasteiger partial charge in [0.05, 0.1) is 0 Å². The van der Waals surface area contributed by atoms with Gasteiger partial charge in [-0.1, -0.05) is 50.2 Å². The van der Waals surface area contributed by atoms with Crippen LogP contribution in [0.3, 0.4) is 0 Å². The van der Waals surface area contributed by atoms with Gasteiger partial charge in [0.2, 0.25) is 0 Å². The monoisotopic (exact) mass is 389 g/mol. The number of sulfonamides is 1. The largest absolute Gasteiger partial charge is 0.480 e. The molecule has 0 amide bonds. The van der Waals surface area contributed by atoms with Crippen LogP contribution in [0.5, 0.6) is 0 Å². The molecule has 136 valence electrons. The predicted molar refractivity (Wildman–Crippen MR) is 104 cm³/mol. The molecule has 5 nitrogen and oxygen atoms in total. The second-order valence-electron chi connectivity index (χ2n) is 6.36. The first-order valence-electron chi connectivity index (χ1n) is 8.12. The van der Waals surface area contributed by atoms with Gasteiger partial charge in [0.15, 0.2) is 0 Å². The zero-order valence-corrected chi connectivity index (χ0v) is 16.0. The van der Waals surface area contributed by atoms with Gasteiger partial charge in [-0.15, -0.1) is 11.3 Å². The summed E-state index contributed by atoms with van der Waals surface area (Å²) in [5.41, 5.74) is 0.925. The molecule has 0 aliphatic heterocycles. The summed E-state index contributed by atoms with van der Waals surface area (Å²) in [4.78, 5) is 12.1. The molecule has 7 heteroatoms. The van der Waals surface area contributed by atoms with E-state index < -0.39 is 22.0 Å². The lowest BCUT2D eigenvalue weighted by Gasteiger charge is -2.17. The number of fused-ring (bicyclic) bond motifs is 1. The number of aliphatic carboxylic acids is 1. The minimum absolute atomic E-state index is 0.104. The average Bonchev–Trinajstić information content (AvgIpc) is 3.10. The number of carboxylic acid groups (broad SMARTS) is 1. The Kier molecular flexibility index (Phi) is 5.13. The Morgan fingerprint density at radius 1 is 1.04 bits per heavy atom. The molecular formula is C19H19NO4S2. The van der Waals surface area contributed by atoms with E-state index in [1.807, 2.05) is 42.5 Å². The van der Waals surface area contributed by atoms with E-state index in [0.29, 0.717) is 0 Å². The van der Waals surface area contributed by atoms with Gasteiger partial charge >= 0.3 is 5.97 Å². The van der Waals surface area contributed by atoms with Gasteiger partial charge in [-0.05, 0) is 40.5 Å². The summed E-state index contributed by atoms with van der Waals surface area (Å²) in [6, 6.07) is 16.0. The van der Waals surface area contributed by atoms with Crippen molar-refractivity contribution in [3.8, 4) is 10.4 Å². The topological polar surface area (TPSA) is 83.5 Å². The molecule has 0 spiro atoms. The fourth-order valence-electron chi connectivity index (χ4n) is 2.66. The standard InChI is InChI=1S/C19H19NO4S2/c1-12(2)18(19(21)22)20-26(23,24)17-10-9-16(25-17)15-8-7-13-5-3-4-6-14(13)11-15/h3-12,18,20H,1-2H3,(H,21,22). The predicted octanol–water partition coefficient (Wildman–Crippen LogP) is 3.96. The van der Waals surface area contributed by atoms with Gasteiger partial charge in [-0.25, -0.2) is 8.42 Å². The highest BCUT2D eigenvalue weighted by molar-refractivity contribution is 7.91. The summed E-state index contributed by atoms with van der Waals surface area (Å²) >= 11 is 1.12. The van der Waals surface area contributed by atoms with Crippen LogP contribution in [0, 0.1) is 5.92 Å². The molecule has 0 aliphatic rings. The van der Waals surface area contributed by atoms with Gasteiger partial charge in [0.1, 0.15) is 10.3 Å². The van der Waals surface area contributed by atoms with Crippen molar-refractivity contribution >= 4 is 38.1 Å². The van der Waals surface area contributed by atoms with Crippen molar-refractivity contribution in [1.82, 2.24) is 4.72 Å². The molecule has 2 aromatic carbocycles. The lowest BCUT2D eigenvalue weighted by Crippen LogP contribution is -2.43. The summed E-state index contributed by atoms with van der Waals surface area (Å²) < 4.78 is 27.5. The Balaban J connectivity index is 1.91. The van der Waals surface area contributed by atoms with Crippen LogP contribution in [-0.2, 0) is 14.8 Å². The second kappa shape index (κ2) is 7.19. The maximum atomic E-state index is 12.5. The Labute approximate surface area is 156 Å². The summed E-state index contributed by atoms with van der Waals surface area (Å²) in [7, 11) is -3.89. The number of thiophene rings is 1. The molecule has 2 N–H and O–H groups in total. The SMILES string of the molecule is CC(C)C(NS(=O)(=O)c1ccc(-c2ccc3ccccc3c2)s1)C(=O)O. The van der Waals surface area contributed by atoms with Gasteiger partial charge < -0.3 is 5.11 Å². The normalized spacial score (nSPS) is 13.2. The highest BCUT2D eigenvalue weighted by atomic mass is 32.2. The number of benzene rings is 2. The van der Waals surface area contributed by atoms with Crippen molar-refractivity contribution in [3.05, 3.63) is 54.6 Å². The van der Waals surface area contributed by atoms with Crippen LogP contribution < -0.4 is 4.72 Å². The Hall–Kier alpha value is -2.22. The van der Waals surface area contributed by atoms with E-state index in [-0.39, 0.29) is 10.1 Å². The molecule has 0 saturated carbocycles. The van der Waals surface area contributed by atoms with Crippen molar-refractivity contribution in [3.63, 3.8) is 0 Å². The van der Waals surface area contributed by atoms with Gasteiger partial charge in [0.25, 0.3) is 10.0 Å². The molecule has 1 heterocycles. The third-order valence-electron chi connectivity index (χ3n) is 4.10. The van der Waals surface area contributed by atoms with Crippen molar-refractivity contribution in [2.24, 2.45) is 5.92 Å². The van der Waals surface area contributed by atoms with E-state index in [1.165, 1.54) is 6.07 Å². The van der Waals surface area contributed by atoms with Crippen LogP contribution in [-0.4, -0.2) is 25.5 Å². The van der Waals surface area contributed by atoms with E-state index in [2.05, 4.69) is 4.72 Å². The smallest absolute Gasteiger partial charge is 0.322 e. The van der Waals surface area contributed by atoms with Gasteiger partial charge in [-0.2, -0.15) is 4.72 Å². The maximum absolute atomic E-state index is 12.5. The molecule has 0 radical (unpaired) electrons. The van der Waals surface area contributed by atoms with Crippen molar-refractivity contribution in [2.45, 2.75) is 24.1 Å². The minimum Gasteiger partial charge on any atom is -0.480 e. The summed E-state index contributed by atoms with van der Waals surface area (Å²) in [5, 5.41) is 11.4. The minimum atomic E-state index is -3.89. The molecule has 0 bridgehead atoms. The van der Waals surface area contributed by atoms with Crippen molar-refractivity contribution < 1.29 is 18.3 Å². The first-order valence-corrected chi connectivity index (χ1v) is 10.4. The molecule has 3 rings (SSSR count). The summed E-state index contributed by atoms with van der Waals surface area (Å²) in [6.45, 7) is 3.33. The molecule has 1 unspecified atom stereocenters. The zero-order chi connectivity index (χ0) is 18.9. The number of carboxylic acids is 1. The quantitative estimate of drug-likeness (QED) is 0.668. The average molecular weight is 389 g/mol. The molecule has 1 atom stereocenters. The molecule has 1 aromatic heterocycles. The van der Waals surface area contributed by atoms with Crippen molar-refractivity contribution in [1.29, 1.82) is 0 Å². The molecule has 0 saturated heterocycles. The molecule has 0 aliphatic carbocycles. The third-order valence-corrected chi connectivity index (χ3v) is 7.16. The summed E-state index contributed by atoms with van der Waals surface area (Å²) in [6.07, 6.45) is 0. The second-order valence-corrected chi connectivity index (χ2v) is 9.39. The molecular weight excluding hydrogens is 370 g/mol. The lowest BCUT2D eigenvalue weighted by molar-refractivity contribution is -0.140. The number of hydrogen-bond donors (Lipinski definition) is 2.